The first kappa shape index (κ1) is 19.4. The number of carbonyl (C=O) groups is 1. The first-order valence-electron chi connectivity index (χ1n) is 10.0. The quantitative estimate of drug-likeness (QED) is 0.666. The molecule has 1 saturated heterocycles. The van der Waals surface area contributed by atoms with Gasteiger partial charge in [-0.2, -0.15) is 5.10 Å². The summed E-state index contributed by atoms with van der Waals surface area (Å²) in [5.74, 6) is 0.960. The minimum absolute atomic E-state index is 0.0665. The van der Waals surface area contributed by atoms with Gasteiger partial charge in [0.05, 0.1) is 16.6 Å². The number of hydrogen-bond donors (Lipinski definition) is 0. The van der Waals surface area contributed by atoms with Crippen LogP contribution in [0.2, 0.25) is 0 Å². The van der Waals surface area contributed by atoms with E-state index < -0.39 is 0 Å². The first-order chi connectivity index (χ1) is 14.0. The van der Waals surface area contributed by atoms with Gasteiger partial charge in [-0.3, -0.25) is 14.4 Å². The first-order valence-corrected chi connectivity index (χ1v) is 10.0. The normalized spacial score (nSPS) is 15.1. The molecule has 4 rings (SSSR count). The van der Waals surface area contributed by atoms with Crippen molar-refractivity contribution in [1.29, 1.82) is 0 Å². The Morgan fingerprint density at radius 2 is 1.83 bits per heavy atom. The number of nitrogens with zero attached hydrogens (tertiary/aromatic N) is 5. The maximum absolute atomic E-state index is 13.3. The summed E-state index contributed by atoms with van der Waals surface area (Å²) in [6.07, 6.45) is 0. The van der Waals surface area contributed by atoms with E-state index >= 15 is 0 Å². The monoisotopic (exact) mass is 393 g/mol. The van der Waals surface area contributed by atoms with E-state index in [2.05, 4.69) is 15.0 Å². The third-order valence-corrected chi connectivity index (χ3v) is 5.41. The predicted molar refractivity (Wildman–Crippen MR) is 112 cm³/mol. The number of aryl methyl sites for hydroxylation is 3. The fourth-order valence-corrected chi connectivity index (χ4v) is 3.89. The zero-order valence-electron chi connectivity index (χ0n) is 17.3. The van der Waals surface area contributed by atoms with E-state index in [0.29, 0.717) is 25.3 Å². The average molecular weight is 393 g/mol. The molecule has 0 spiro atoms. The Morgan fingerprint density at radius 1 is 1.10 bits per heavy atom. The van der Waals surface area contributed by atoms with Gasteiger partial charge < -0.3 is 9.64 Å². The van der Waals surface area contributed by atoms with Gasteiger partial charge in [0.2, 0.25) is 0 Å². The van der Waals surface area contributed by atoms with Crippen LogP contribution in [0.4, 0.5) is 0 Å². The van der Waals surface area contributed by atoms with Crippen LogP contribution in [0.1, 0.15) is 21.7 Å². The van der Waals surface area contributed by atoms with Crippen molar-refractivity contribution >= 4 is 16.9 Å². The molecule has 1 amide bonds. The molecule has 0 radical (unpaired) electrons. The zero-order valence-corrected chi connectivity index (χ0v) is 17.3. The number of fused-ring (bicyclic) bond motifs is 1. The largest absolute Gasteiger partial charge is 0.492 e. The molecule has 1 aliphatic heterocycles. The number of benzene rings is 1. The van der Waals surface area contributed by atoms with Gasteiger partial charge in [0.25, 0.3) is 5.91 Å². The van der Waals surface area contributed by atoms with Gasteiger partial charge in [0, 0.05) is 45.5 Å². The number of para-hydroxylation sites is 1. The second-order valence-corrected chi connectivity index (χ2v) is 7.51. The van der Waals surface area contributed by atoms with Crippen molar-refractivity contribution in [2.45, 2.75) is 13.8 Å². The van der Waals surface area contributed by atoms with Crippen LogP contribution in [0.5, 0.6) is 5.75 Å². The Balaban J connectivity index is 1.38. The molecular weight excluding hydrogens is 366 g/mol. The standard InChI is InChI=1S/C22H27N5O2/c1-16-15-19(20-17(2)24-25(3)21(20)23-16)22(28)27-11-9-26(10-12-27)13-14-29-18-7-5-4-6-8-18/h4-8,15H,9-14H2,1-3H3. The second-order valence-electron chi connectivity index (χ2n) is 7.51. The Kier molecular flexibility index (Phi) is 5.49. The molecule has 0 aliphatic carbocycles. The van der Waals surface area contributed by atoms with Crippen molar-refractivity contribution in [3.63, 3.8) is 0 Å². The Labute approximate surface area is 170 Å². The molecule has 1 fully saturated rings. The van der Waals surface area contributed by atoms with Crippen LogP contribution >= 0.6 is 0 Å². The van der Waals surface area contributed by atoms with E-state index in [9.17, 15) is 4.79 Å². The number of ether oxygens (including phenoxy) is 1. The van der Waals surface area contributed by atoms with Gasteiger partial charge in [0.15, 0.2) is 5.65 Å². The van der Waals surface area contributed by atoms with E-state index in [4.69, 9.17) is 4.74 Å². The van der Waals surface area contributed by atoms with Gasteiger partial charge in [0.1, 0.15) is 12.4 Å². The van der Waals surface area contributed by atoms with E-state index in [1.54, 1.807) is 4.68 Å². The highest BCUT2D eigenvalue weighted by Gasteiger charge is 2.25. The SMILES string of the molecule is Cc1cc(C(=O)N2CCN(CCOc3ccccc3)CC2)c2c(C)nn(C)c2n1. The average Bonchev–Trinajstić information content (AvgIpc) is 3.01. The molecule has 7 nitrogen and oxygen atoms in total. The van der Waals surface area contributed by atoms with Crippen LogP contribution < -0.4 is 4.74 Å². The van der Waals surface area contributed by atoms with Gasteiger partial charge in [-0.1, -0.05) is 18.2 Å². The van der Waals surface area contributed by atoms with E-state index in [1.807, 2.05) is 62.2 Å². The fraction of sp³-hybridized carbons (Fsp3) is 0.409. The summed E-state index contributed by atoms with van der Waals surface area (Å²) in [5.41, 5.74) is 3.15. The molecule has 0 saturated carbocycles. The molecule has 1 aromatic carbocycles. The number of pyridine rings is 1. The second kappa shape index (κ2) is 8.21. The highest BCUT2D eigenvalue weighted by Crippen LogP contribution is 2.23. The number of piperazine rings is 1. The summed E-state index contributed by atoms with van der Waals surface area (Å²) >= 11 is 0. The lowest BCUT2D eigenvalue weighted by molar-refractivity contribution is 0.0622. The van der Waals surface area contributed by atoms with Crippen molar-refractivity contribution in [3.05, 3.63) is 53.3 Å². The van der Waals surface area contributed by atoms with E-state index in [1.165, 1.54) is 0 Å². The van der Waals surface area contributed by atoms with E-state index in [-0.39, 0.29) is 5.91 Å². The van der Waals surface area contributed by atoms with Crippen molar-refractivity contribution in [3.8, 4) is 5.75 Å². The Morgan fingerprint density at radius 3 is 2.55 bits per heavy atom. The van der Waals surface area contributed by atoms with Crippen LogP contribution in [-0.2, 0) is 7.05 Å². The lowest BCUT2D eigenvalue weighted by Gasteiger charge is -2.34. The summed E-state index contributed by atoms with van der Waals surface area (Å²) in [4.78, 5) is 22.1. The van der Waals surface area contributed by atoms with Gasteiger partial charge in [-0.25, -0.2) is 4.98 Å². The Hall–Kier alpha value is -2.93. The summed E-state index contributed by atoms with van der Waals surface area (Å²) < 4.78 is 7.54. The number of aromatic nitrogens is 3. The Bertz CT molecular complexity index is 1010. The highest BCUT2D eigenvalue weighted by atomic mass is 16.5. The molecule has 0 bridgehead atoms. The van der Waals surface area contributed by atoms with Gasteiger partial charge >= 0.3 is 0 Å². The molecule has 3 heterocycles. The lowest BCUT2D eigenvalue weighted by atomic mass is 10.1. The molecule has 1 aliphatic rings. The topological polar surface area (TPSA) is 63.5 Å². The van der Waals surface area contributed by atoms with Crippen molar-refractivity contribution in [2.24, 2.45) is 7.05 Å². The summed E-state index contributed by atoms with van der Waals surface area (Å²) in [5, 5.41) is 5.31. The molecule has 0 unspecified atom stereocenters. The molecular formula is C22H27N5O2. The van der Waals surface area contributed by atoms with Gasteiger partial charge in [-0.15, -0.1) is 0 Å². The van der Waals surface area contributed by atoms with Crippen molar-refractivity contribution in [1.82, 2.24) is 24.6 Å². The number of carbonyl (C=O) groups excluding carboxylic acids is 1. The van der Waals surface area contributed by atoms with Crippen LogP contribution in [-0.4, -0.2) is 69.8 Å². The van der Waals surface area contributed by atoms with Gasteiger partial charge in [-0.05, 0) is 32.0 Å². The molecule has 0 N–H and O–H groups in total. The highest BCUT2D eigenvalue weighted by molar-refractivity contribution is 6.06. The summed E-state index contributed by atoms with van der Waals surface area (Å²) in [6.45, 7) is 8.49. The predicted octanol–water partition coefficient (Wildman–Crippen LogP) is 2.42. The molecule has 3 aromatic rings. The maximum atomic E-state index is 13.3. The minimum atomic E-state index is 0.0665. The van der Waals surface area contributed by atoms with Crippen LogP contribution in [0.25, 0.3) is 11.0 Å². The van der Waals surface area contributed by atoms with Crippen molar-refractivity contribution < 1.29 is 9.53 Å². The third kappa shape index (κ3) is 4.10. The third-order valence-electron chi connectivity index (χ3n) is 5.41. The molecule has 0 atom stereocenters. The summed E-state index contributed by atoms with van der Waals surface area (Å²) in [6, 6.07) is 11.7. The zero-order chi connectivity index (χ0) is 20.4. The van der Waals surface area contributed by atoms with Crippen molar-refractivity contribution in [2.75, 3.05) is 39.3 Å². The lowest BCUT2D eigenvalue weighted by Crippen LogP contribution is -2.49. The molecule has 29 heavy (non-hydrogen) atoms. The van der Waals surface area contributed by atoms with Crippen LogP contribution in [0.15, 0.2) is 36.4 Å². The van der Waals surface area contributed by atoms with E-state index in [0.717, 1.165) is 47.8 Å². The number of rotatable bonds is 5. The molecule has 7 heteroatoms. The fourth-order valence-electron chi connectivity index (χ4n) is 3.89. The van der Waals surface area contributed by atoms with Crippen LogP contribution in [0, 0.1) is 13.8 Å². The minimum Gasteiger partial charge on any atom is -0.492 e. The number of hydrogen-bond acceptors (Lipinski definition) is 5. The van der Waals surface area contributed by atoms with Crippen LogP contribution in [0.3, 0.4) is 0 Å². The summed E-state index contributed by atoms with van der Waals surface area (Å²) in [7, 11) is 1.87. The molecule has 152 valence electrons. The number of amides is 1. The maximum Gasteiger partial charge on any atom is 0.254 e. The molecule has 2 aromatic heterocycles. The smallest absolute Gasteiger partial charge is 0.254 e.